The highest BCUT2D eigenvalue weighted by Gasteiger charge is 2.48. The summed E-state index contributed by atoms with van der Waals surface area (Å²) in [5, 5.41) is 1.77. The lowest BCUT2D eigenvalue weighted by Gasteiger charge is -2.35. The lowest BCUT2D eigenvalue weighted by atomic mass is 9.92. The van der Waals surface area contributed by atoms with Gasteiger partial charge in [0.25, 0.3) is 0 Å². The monoisotopic (exact) mass is 348 g/mol. The van der Waals surface area contributed by atoms with E-state index < -0.39 is 5.72 Å². The van der Waals surface area contributed by atoms with Gasteiger partial charge in [-0.25, -0.2) is 14.9 Å². The Bertz CT molecular complexity index is 861. The van der Waals surface area contributed by atoms with Crippen molar-refractivity contribution in [1.29, 1.82) is 0 Å². The predicted octanol–water partition coefficient (Wildman–Crippen LogP) is 3.73. The molecule has 1 aliphatic carbocycles. The van der Waals surface area contributed by atoms with Crippen LogP contribution in [0.4, 0.5) is 0 Å². The first-order chi connectivity index (χ1) is 12.3. The normalized spacial score (nSPS) is 21.3. The molecule has 1 aliphatic heterocycles. The van der Waals surface area contributed by atoms with Crippen LogP contribution in [0.3, 0.4) is 0 Å². The number of nitrogens with zero attached hydrogens (tertiary/aromatic N) is 4. The van der Waals surface area contributed by atoms with Crippen molar-refractivity contribution in [3.05, 3.63) is 65.0 Å². The smallest absolute Gasteiger partial charge is 0.242 e. The number of fused-ring (bicyclic) bond motifs is 4. The Morgan fingerprint density at radius 1 is 1.04 bits per heavy atom. The van der Waals surface area contributed by atoms with Crippen LogP contribution in [-0.2, 0) is 10.6 Å². The highest BCUT2D eigenvalue weighted by Crippen LogP contribution is 2.45. The number of aliphatic imine (C=N–C) groups is 1. The van der Waals surface area contributed by atoms with Gasteiger partial charge in [0.2, 0.25) is 11.7 Å². The number of rotatable bonds is 0. The zero-order chi connectivity index (χ0) is 18.5. The van der Waals surface area contributed by atoms with E-state index >= 15 is 0 Å². The number of aromatic nitrogens is 1. The predicted molar refractivity (Wildman–Crippen MR) is 104 cm³/mol. The summed E-state index contributed by atoms with van der Waals surface area (Å²) < 4.78 is 0. The molecule has 1 aromatic heterocycles. The van der Waals surface area contributed by atoms with Crippen LogP contribution in [0.2, 0.25) is 0 Å². The Hall–Kier alpha value is -2.66. The molecule has 0 fully saturated rings. The maximum absolute atomic E-state index is 6.46. The van der Waals surface area contributed by atoms with Gasteiger partial charge >= 0.3 is 0 Å². The summed E-state index contributed by atoms with van der Waals surface area (Å²) in [4.78, 5) is 18.3. The third kappa shape index (κ3) is 2.42. The molecule has 2 aliphatic rings. The molecule has 2 aromatic rings. The van der Waals surface area contributed by atoms with Crippen LogP contribution in [0.25, 0.3) is 12.2 Å². The summed E-state index contributed by atoms with van der Waals surface area (Å²) in [6.07, 6.45) is 5.92. The Morgan fingerprint density at radius 3 is 2.54 bits per heavy atom. The minimum Gasteiger partial charge on any atom is -0.339 e. The second kappa shape index (κ2) is 5.68. The molecule has 0 N–H and O–H groups in total. The summed E-state index contributed by atoms with van der Waals surface area (Å²) in [6.45, 7) is 6.48. The van der Waals surface area contributed by atoms with Gasteiger partial charge in [0.15, 0.2) is 0 Å². The topological polar surface area (TPSA) is 41.0 Å². The lowest BCUT2D eigenvalue weighted by Crippen LogP contribution is -2.47. The number of hydrogen-bond donors (Lipinski definition) is 0. The van der Waals surface area contributed by atoms with Crippen molar-refractivity contribution < 1.29 is 4.84 Å². The molecule has 5 nitrogen and oxygen atoms in total. The molecule has 5 heteroatoms. The van der Waals surface area contributed by atoms with Crippen LogP contribution in [0.5, 0.6) is 0 Å². The molecule has 0 bridgehead atoms. The highest BCUT2D eigenvalue weighted by molar-refractivity contribution is 5.84. The fourth-order valence-corrected chi connectivity index (χ4v) is 3.38. The van der Waals surface area contributed by atoms with Gasteiger partial charge in [0.1, 0.15) is 0 Å². The van der Waals surface area contributed by atoms with E-state index in [2.05, 4.69) is 48.9 Å². The van der Waals surface area contributed by atoms with E-state index in [-0.39, 0.29) is 5.54 Å². The molecule has 1 aromatic carbocycles. The SMILES string of the molecule is CN1OC2(N=C1N(C)C(C)(C)C)c1ccccc1C=Cc1ncccc12. The minimum absolute atomic E-state index is 0.0811. The summed E-state index contributed by atoms with van der Waals surface area (Å²) in [5.74, 6) is 0.795. The van der Waals surface area contributed by atoms with E-state index in [0.29, 0.717) is 0 Å². The highest BCUT2D eigenvalue weighted by atomic mass is 16.7. The minimum atomic E-state index is -0.937. The zero-order valence-electron chi connectivity index (χ0n) is 15.9. The standard InChI is InChI=1S/C21H24N4O/c1-20(2,3)24(4)19-23-21(26-25(19)5)16-10-7-6-9-15(16)12-13-18-17(21)11-8-14-22-18/h6-14H,1-5H3. The summed E-state index contributed by atoms with van der Waals surface area (Å²) >= 11 is 0. The van der Waals surface area contributed by atoms with E-state index in [1.807, 2.05) is 44.4 Å². The van der Waals surface area contributed by atoms with Crippen molar-refractivity contribution in [2.45, 2.75) is 32.0 Å². The maximum atomic E-state index is 6.46. The van der Waals surface area contributed by atoms with Crippen LogP contribution >= 0.6 is 0 Å². The average molecular weight is 348 g/mol. The van der Waals surface area contributed by atoms with Crippen LogP contribution in [0.15, 0.2) is 47.6 Å². The van der Waals surface area contributed by atoms with Gasteiger partial charge in [-0.3, -0.25) is 4.98 Å². The molecule has 2 heterocycles. The van der Waals surface area contributed by atoms with Crippen molar-refractivity contribution >= 4 is 18.1 Å². The lowest BCUT2D eigenvalue weighted by molar-refractivity contribution is -0.156. The average Bonchev–Trinajstić information content (AvgIpc) is 2.90. The van der Waals surface area contributed by atoms with Gasteiger partial charge in [-0.05, 0) is 44.5 Å². The Labute approximate surface area is 154 Å². The van der Waals surface area contributed by atoms with E-state index in [1.165, 1.54) is 0 Å². The van der Waals surface area contributed by atoms with Crippen LogP contribution in [-0.4, -0.2) is 40.5 Å². The summed E-state index contributed by atoms with van der Waals surface area (Å²) in [5.41, 5.74) is 2.91. The Morgan fingerprint density at radius 2 is 1.77 bits per heavy atom. The molecule has 0 saturated heterocycles. The third-order valence-electron chi connectivity index (χ3n) is 5.06. The molecule has 0 amide bonds. The molecule has 0 saturated carbocycles. The van der Waals surface area contributed by atoms with E-state index in [1.54, 1.807) is 11.3 Å². The van der Waals surface area contributed by atoms with Gasteiger partial charge in [-0.1, -0.05) is 30.3 Å². The van der Waals surface area contributed by atoms with Gasteiger partial charge in [0.05, 0.1) is 5.69 Å². The molecular weight excluding hydrogens is 324 g/mol. The Balaban J connectivity index is 1.99. The zero-order valence-corrected chi connectivity index (χ0v) is 15.9. The number of pyridine rings is 1. The number of hydroxylamine groups is 2. The first-order valence-corrected chi connectivity index (χ1v) is 8.82. The fourth-order valence-electron chi connectivity index (χ4n) is 3.38. The maximum Gasteiger partial charge on any atom is 0.242 e. The van der Waals surface area contributed by atoms with Crippen molar-refractivity contribution in [3.8, 4) is 0 Å². The summed E-state index contributed by atoms with van der Waals surface area (Å²) in [6, 6.07) is 12.2. The molecule has 0 radical (unpaired) electrons. The van der Waals surface area contributed by atoms with Crippen LogP contribution < -0.4 is 0 Å². The quantitative estimate of drug-likeness (QED) is 0.727. The Kier molecular flexibility index (Phi) is 3.66. The van der Waals surface area contributed by atoms with E-state index in [9.17, 15) is 0 Å². The number of hydrogen-bond acceptors (Lipinski definition) is 5. The van der Waals surface area contributed by atoms with Crippen molar-refractivity contribution in [2.24, 2.45) is 4.99 Å². The number of benzene rings is 1. The summed E-state index contributed by atoms with van der Waals surface area (Å²) in [7, 11) is 3.95. The largest absolute Gasteiger partial charge is 0.339 e. The van der Waals surface area contributed by atoms with Gasteiger partial charge in [-0.2, -0.15) is 0 Å². The number of guanidine groups is 1. The van der Waals surface area contributed by atoms with Gasteiger partial charge in [0, 0.05) is 37.0 Å². The van der Waals surface area contributed by atoms with Crippen molar-refractivity contribution in [3.63, 3.8) is 0 Å². The second-order valence-corrected chi connectivity index (χ2v) is 7.73. The van der Waals surface area contributed by atoms with E-state index in [0.717, 1.165) is 28.3 Å². The third-order valence-corrected chi connectivity index (χ3v) is 5.06. The van der Waals surface area contributed by atoms with Gasteiger partial charge in [-0.15, -0.1) is 0 Å². The molecule has 134 valence electrons. The fraction of sp³-hybridized carbons (Fsp3) is 0.333. The first kappa shape index (κ1) is 16.8. The van der Waals surface area contributed by atoms with Crippen LogP contribution in [0.1, 0.15) is 43.2 Å². The van der Waals surface area contributed by atoms with Gasteiger partial charge < -0.3 is 4.90 Å². The molecule has 26 heavy (non-hydrogen) atoms. The van der Waals surface area contributed by atoms with E-state index in [4.69, 9.17) is 9.83 Å². The molecular formula is C21H24N4O. The molecule has 4 rings (SSSR count). The van der Waals surface area contributed by atoms with Crippen molar-refractivity contribution in [1.82, 2.24) is 14.9 Å². The molecule has 1 spiro atoms. The second-order valence-electron chi connectivity index (χ2n) is 7.73. The molecule has 1 unspecified atom stereocenters. The van der Waals surface area contributed by atoms with Crippen LogP contribution in [0, 0.1) is 0 Å². The van der Waals surface area contributed by atoms with Crippen molar-refractivity contribution in [2.75, 3.05) is 14.1 Å². The molecule has 1 atom stereocenters. The first-order valence-electron chi connectivity index (χ1n) is 8.82.